The van der Waals surface area contributed by atoms with E-state index in [4.69, 9.17) is 33.2 Å². The lowest BCUT2D eigenvalue weighted by atomic mass is 10.2. The molecule has 0 aliphatic heterocycles. The Kier molecular flexibility index (Phi) is 6.14. The van der Waals surface area contributed by atoms with Gasteiger partial charge in [-0.15, -0.1) is 0 Å². The van der Waals surface area contributed by atoms with Crippen LogP contribution in [0.4, 0.5) is 10.5 Å². The highest BCUT2D eigenvalue weighted by atomic mass is 35.5. The third kappa shape index (κ3) is 4.58. The Morgan fingerprint density at radius 1 is 0.882 bits per heavy atom. The summed E-state index contributed by atoms with van der Waals surface area (Å²) in [6, 6.07) is 19.8. The van der Waals surface area contributed by atoms with Crippen LogP contribution in [0, 0.1) is 0 Å². The van der Waals surface area contributed by atoms with Crippen molar-refractivity contribution < 1.29 is 9.59 Å². The summed E-state index contributed by atoms with van der Waals surface area (Å²) in [5.41, 5.74) is 8.92. The molecule has 170 valence electrons. The second kappa shape index (κ2) is 9.38. The van der Waals surface area contributed by atoms with Gasteiger partial charge in [0, 0.05) is 33.1 Å². The average Bonchev–Trinajstić information content (AvgIpc) is 3.12. The third-order valence-electron chi connectivity index (χ3n) is 5.02. The Balaban J connectivity index is 1.34. The molecule has 11 heteroatoms. The molecule has 0 spiro atoms. The molecule has 3 aromatic carbocycles. The molecule has 34 heavy (non-hydrogen) atoms. The number of fused-ring (bicyclic) bond motifs is 4. The van der Waals surface area contributed by atoms with E-state index in [-0.39, 0.29) is 6.54 Å². The van der Waals surface area contributed by atoms with Crippen molar-refractivity contribution in [2.24, 2.45) is 0 Å². The van der Waals surface area contributed by atoms with Crippen LogP contribution in [0.25, 0.3) is 33.1 Å². The van der Waals surface area contributed by atoms with Crippen LogP contribution in [0.3, 0.4) is 0 Å². The minimum absolute atomic E-state index is 0.0792. The highest BCUT2D eigenvalue weighted by molar-refractivity contribution is 8.14. The van der Waals surface area contributed by atoms with Gasteiger partial charge >= 0.3 is 5.24 Å². The topological polar surface area (TPSA) is 101 Å². The maximum absolute atomic E-state index is 12.7. The van der Waals surface area contributed by atoms with Crippen molar-refractivity contribution in [3.8, 4) is 0 Å². The molecule has 0 fully saturated rings. The van der Waals surface area contributed by atoms with Gasteiger partial charge in [-0.1, -0.05) is 35.3 Å². The maximum atomic E-state index is 12.7. The summed E-state index contributed by atoms with van der Waals surface area (Å²) in [5, 5.41) is 1.46. The predicted molar refractivity (Wildman–Crippen MR) is 137 cm³/mol. The summed E-state index contributed by atoms with van der Waals surface area (Å²) in [6.45, 7) is -0.0792. The first kappa shape index (κ1) is 22.3. The minimum Gasteiger partial charge on any atom is -0.322 e. The number of halogens is 2. The molecule has 0 aliphatic carbocycles. The molecule has 5 aromatic rings. The Morgan fingerprint density at radius 3 is 2.35 bits per heavy atom. The molecular weight excluding hydrogens is 495 g/mol. The Labute approximate surface area is 207 Å². The van der Waals surface area contributed by atoms with Gasteiger partial charge in [-0.2, -0.15) is 0 Å². The lowest BCUT2D eigenvalue weighted by Gasteiger charge is -2.10. The Morgan fingerprint density at radius 2 is 1.59 bits per heavy atom. The molecule has 0 aliphatic rings. The first-order valence-corrected chi connectivity index (χ1v) is 11.7. The maximum Gasteiger partial charge on any atom is 0.317 e. The highest BCUT2D eigenvalue weighted by Crippen LogP contribution is 2.30. The Hall–Kier alpha value is -3.53. The fraction of sp³-hybridized carbons (Fsp3) is 0.0435. The zero-order valence-corrected chi connectivity index (χ0v) is 19.7. The van der Waals surface area contributed by atoms with Gasteiger partial charge < -0.3 is 9.29 Å². The summed E-state index contributed by atoms with van der Waals surface area (Å²) >= 11 is 12.9. The van der Waals surface area contributed by atoms with E-state index in [2.05, 4.69) is 15.6 Å². The molecule has 3 N–H and O–H groups in total. The van der Waals surface area contributed by atoms with Gasteiger partial charge in [-0.3, -0.25) is 20.4 Å². The molecule has 0 unspecified atom stereocenters. The summed E-state index contributed by atoms with van der Waals surface area (Å²) in [7, 11) is 0. The third-order valence-corrected chi connectivity index (χ3v) is 6.14. The lowest BCUT2D eigenvalue weighted by Crippen LogP contribution is -2.41. The van der Waals surface area contributed by atoms with Crippen LogP contribution >= 0.6 is 35.1 Å². The smallest absolute Gasteiger partial charge is 0.317 e. The van der Waals surface area contributed by atoms with Crippen molar-refractivity contribution in [3.05, 3.63) is 76.8 Å². The fourth-order valence-electron chi connectivity index (χ4n) is 3.52. The van der Waals surface area contributed by atoms with E-state index in [0.717, 1.165) is 28.4 Å². The molecule has 0 saturated carbocycles. The number of nitrogens with zero attached hydrogens (tertiary/aromatic N) is 3. The van der Waals surface area contributed by atoms with E-state index in [9.17, 15) is 9.59 Å². The van der Waals surface area contributed by atoms with Crippen LogP contribution in [0.1, 0.15) is 0 Å². The molecule has 2 aromatic heterocycles. The lowest BCUT2D eigenvalue weighted by molar-refractivity contribution is -0.122. The highest BCUT2D eigenvalue weighted by Gasteiger charge is 2.17. The SMILES string of the molecule is O=C(Cn1c2ccc(Cl)cc2c2nc3ccccc3nc21)NNC(=O)SNc1ccc(Cl)cc1. The number of hydrogen-bond donors (Lipinski definition) is 3. The normalized spacial score (nSPS) is 11.1. The number of aromatic nitrogens is 3. The van der Waals surface area contributed by atoms with Gasteiger partial charge in [-0.05, 0) is 54.6 Å². The molecular formula is C23H16Cl2N6O2S. The summed E-state index contributed by atoms with van der Waals surface area (Å²) in [4.78, 5) is 34.3. The molecule has 0 atom stereocenters. The number of hydrazine groups is 1. The first-order valence-electron chi connectivity index (χ1n) is 10.1. The second-order valence-electron chi connectivity index (χ2n) is 7.30. The van der Waals surface area contributed by atoms with Crippen molar-refractivity contribution in [2.75, 3.05) is 4.72 Å². The number of carbonyl (C=O) groups is 2. The zero-order valence-electron chi connectivity index (χ0n) is 17.4. The standard InChI is InChI=1S/C23H16Cl2N6O2S/c24-13-5-8-15(9-6-13)30-34-23(33)29-28-20(32)12-31-19-10-7-14(25)11-16(19)21-22(31)27-18-4-2-1-3-17(18)26-21/h1-11,30H,12H2,(H,28,32)(H,29,33). The van der Waals surface area contributed by atoms with Crippen molar-refractivity contribution in [3.63, 3.8) is 0 Å². The van der Waals surface area contributed by atoms with Crippen molar-refractivity contribution >= 4 is 85.1 Å². The van der Waals surface area contributed by atoms with Crippen molar-refractivity contribution in [2.45, 2.75) is 6.54 Å². The number of benzene rings is 3. The van der Waals surface area contributed by atoms with E-state index in [1.54, 1.807) is 41.0 Å². The van der Waals surface area contributed by atoms with E-state index >= 15 is 0 Å². The molecule has 0 radical (unpaired) electrons. The Bertz CT molecular complexity index is 1550. The van der Waals surface area contributed by atoms with E-state index in [1.165, 1.54) is 0 Å². The monoisotopic (exact) mass is 510 g/mol. The fourth-order valence-corrected chi connectivity index (χ4v) is 4.27. The molecule has 0 bridgehead atoms. The number of rotatable bonds is 4. The van der Waals surface area contributed by atoms with Crippen LogP contribution in [0.5, 0.6) is 0 Å². The number of para-hydroxylation sites is 2. The predicted octanol–water partition coefficient (Wildman–Crippen LogP) is 5.55. The van der Waals surface area contributed by atoms with Crippen molar-refractivity contribution in [1.82, 2.24) is 25.4 Å². The number of amides is 2. The molecule has 2 amide bonds. The second-order valence-corrected chi connectivity index (χ2v) is 8.96. The van der Waals surface area contributed by atoms with Crippen LogP contribution in [0.2, 0.25) is 10.0 Å². The molecule has 5 rings (SSSR count). The van der Waals surface area contributed by atoms with Crippen LogP contribution in [-0.2, 0) is 11.3 Å². The van der Waals surface area contributed by atoms with Gasteiger partial charge in [0.15, 0.2) is 5.65 Å². The number of anilines is 1. The number of hydrogen-bond acceptors (Lipinski definition) is 6. The molecule has 8 nitrogen and oxygen atoms in total. The molecule has 2 heterocycles. The van der Waals surface area contributed by atoms with E-state index in [1.807, 2.05) is 30.3 Å². The van der Waals surface area contributed by atoms with Crippen molar-refractivity contribution in [1.29, 1.82) is 0 Å². The summed E-state index contributed by atoms with van der Waals surface area (Å²) in [5.74, 6) is -0.427. The number of carbonyl (C=O) groups excluding carboxylic acids is 2. The summed E-state index contributed by atoms with van der Waals surface area (Å²) in [6.07, 6.45) is 0. The van der Waals surface area contributed by atoms with E-state index in [0.29, 0.717) is 32.4 Å². The number of nitrogens with one attached hydrogen (secondary N) is 3. The quantitative estimate of drug-likeness (QED) is 0.216. The van der Waals surface area contributed by atoms with Crippen LogP contribution in [-0.4, -0.2) is 25.7 Å². The van der Waals surface area contributed by atoms with Crippen LogP contribution in [0.15, 0.2) is 66.7 Å². The van der Waals surface area contributed by atoms with Gasteiger partial charge in [0.25, 0.3) is 5.91 Å². The van der Waals surface area contributed by atoms with Gasteiger partial charge in [0.1, 0.15) is 12.1 Å². The van der Waals surface area contributed by atoms with E-state index < -0.39 is 11.1 Å². The van der Waals surface area contributed by atoms with Gasteiger partial charge in [-0.25, -0.2) is 9.97 Å². The minimum atomic E-state index is -0.483. The average molecular weight is 511 g/mol. The molecule has 0 saturated heterocycles. The van der Waals surface area contributed by atoms with Gasteiger partial charge in [0.05, 0.1) is 16.6 Å². The zero-order chi connectivity index (χ0) is 23.7. The van der Waals surface area contributed by atoms with Gasteiger partial charge in [0.2, 0.25) is 0 Å². The van der Waals surface area contributed by atoms with Crippen LogP contribution < -0.4 is 15.6 Å². The summed E-state index contributed by atoms with van der Waals surface area (Å²) < 4.78 is 4.62. The first-order chi connectivity index (χ1) is 16.5. The largest absolute Gasteiger partial charge is 0.322 e.